The van der Waals surface area contributed by atoms with Crippen molar-refractivity contribution in [3.8, 4) is 0 Å². The summed E-state index contributed by atoms with van der Waals surface area (Å²) in [6.07, 6.45) is 9.44. The summed E-state index contributed by atoms with van der Waals surface area (Å²) in [5, 5.41) is 8.70. The molecule has 2 atom stereocenters. The molecule has 0 aliphatic heterocycles. The maximum Gasteiger partial charge on any atom is 0.304 e. The average Bonchev–Trinajstić information content (AvgIpc) is 2.52. The summed E-state index contributed by atoms with van der Waals surface area (Å²) >= 11 is 0. The molecule has 3 heteroatoms. The number of carboxylic acid groups (broad SMARTS) is 1. The monoisotopic (exact) mass is 241 g/mol. The summed E-state index contributed by atoms with van der Waals surface area (Å²) < 4.78 is 0. The van der Waals surface area contributed by atoms with Gasteiger partial charge in [0.05, 0.1) is 6.42 Å². The van der Waals surface area contributed by atoms with Gasteiger partial charge in [-0.15, -0.1) is 0 Å². The molecule has 17 heavy (non-hydrogen) atoms. The van der Waals surface area contributed by atoms with E-state index in [9.17, 15) is 4.79 Å². The van der Waals surface area contributed by atoms with E-state index in [0.717, 1.165) is 5.92 Å². The van der Waals surface area contributed by atoms with Crippen molar-refractivity contribution >= 4 is 5.97 Å². The fourth-order valence-corrected chi connectivity index (χ4v) is 2.95. The molecule has 1 aliphatic rings. The second kappa shape index (κ2) is 7.70. The molecular weight excluding hydrogens is 214 g/mol. The van der Waals surface area contributed by atoms with Crippen molar-refractivity contribution in [3.63, 3.8) is 0 Å². The lowest BCUT2D eigenvalue weighted by Gasteiger charge is -2.26. The third kappa shape index (κ3) is 5.53. The van der Waals surface area contributed by atoms with Gasteiger partial charge in [-0.25, -0.2) is 0 Å². The highest BCUT2D eigenvalue weighted by molar-refractivity contribution is 5.66. The molecule has 2 unspecified atom stereocenters. The lowest BCUT2D eigenvalue weighted by molar-refractivity contribution is -0.137. The molecule has 0 heterocycles. The zero-order chi connectivity index (χ0) is 12.7. The normalized spacial score (nSPS) is 25.8. The molecule has 0 amide bonds. The van der Waals surface area contributed by atoms with Gasteiger partial charge in [-0.1, -0.05) is 32.6 Å². The Balaban J connectivity index is 2.31. The molecule has 0 saturated heterocycles. The van der Waals surface area contributed by atoms with E-state index in [1.165, 1.54) is 44.9 Å². The van der Waals surface area contributed by atoms with Gasteiger partial charge >= 0.3 is 5.97 Å². The Kier molecular flexibility index (Phi) is 6.56. The zero-order valence-corrected chi connectivity index (χ0v) is 11.3. The van der Waals surface area contributed by atoms with Gasteiger partial charge in [0.2, 0.25) is 0 Å². The van der Waals surface area contributed by atoms with Crippen molar-refractivity contribution < 1.29 is 9.90 Å². The van der Waals surface area contributed by atoms with Crippen LogP contribution >= 0.6 is 0 Å². The highest BCUT2D eigenvalue weighted by atomic mass is 16.4. The van der Waals surface area contributed by atoms with Gasteiger partial charge in [0.25, 0.3) is 0 Å². The Labute approximate surface area is 105 Å². The molecule has 1 aliphatic carbocycles. The van der Waals surface area contributed by atoms with Crippen molar-refractivity contribution in [1.82, 2.24) is 4.90 Å². The second-order valence-electron chi connectivity index (χ2n) is 5.44. The van der Waals surface area contributed by atoms with Crippen LogP contribution < -0.4 is 0 Å². The topological polar surface area (TPSA) is 40.5 Å². The third-order valence-corrected chi connectivity index (χ3v) is 4.06. The first-order valence-corrected chi connectivity index (χ1v) is 7.05. The first-order valence-electron chi connectivity index (χ1n) is 7.05. The van der Waals surface area contributed by atoms with E-state index in [-0.39, 0.29) is 6.42 Å². The van der Waals surface area contributed by atoms with E-state index in [0.29, 0.717) is 12.6 Å². The molecule has 1 rings (SSSR count). The predicted molar refractivity (Wildman–Crippen MR) is 70.2 cm³/mol. The molecule has 0 bridgehead atoms. The number of aliphatic carboxylic acids is 1. The fraction of sp³-hybridized carbons (Fsp3) is 0.929. The van der Waals surface area contributed by atoms with Crippen LogP contribution in [0.25, 0.3) is 0 Å². The minimum atomic E-state index is -0.686. The van der Waals surface area contributed by atoms with Crippen molar-refractivity contribution in [2.45, 2.75) is 64.3 Å². The number of rotatable bonds is 6. The van der Waals surface area contributed by atoms with E-state index >= 15 is 0 Å². The van der Waals surface area contributed by atoms with Crippen LogP contribution in [0.1, 0.15) is 58.3 Å². The van der Waals surface area contributed by atoms with E-state index < -0.39 is 5.97 Å². The van der Waals surface area contributed by atoms with Gasteiger partial charge in [0.1, 0.15) is 0 Å². The fourth-order valence-electron chi connectivity index (χ4n) is 2.95. The number of hydrogen-bond donors (Lipinski definition) is 1. The van der Waals surface area contributed by atoms with Gasteiger partial charge in [0, 0.05) is 12.6 Å². The largest absolute Gasteiger partial charge is 0.481 e. The van der Waals surface area contributed by atoms with Gasteiger partial charge < -0.3 is 10.0 Å². The Morgan fingerprint density at radius 2 is 2.06 bits per heavy atom. The van der Waals surface area contributed by atoms with Crippen molar-refractivity contribution in [2.75, 3.05) is 13.6 Å². The molecule has 1 saturated carbocycles. The summed E-state index contributed by atoms with van der Waals surface area (Å²) in [4.78, 5) is 12.8. The zero-order valence-electron chi connectivity index (χ0n) is 11.3. The minimum absolute atomic E-state index is 0.269. The molecular formula is C14H27NO2. The SMILES string of the molecule is CCCC1CCCC(N(C)CCC(=O)O)CC1. The summed E-state index contributed by atoms with van der Waals surface area (Å²) in [7, 11) is 2.08. The van der Waals surface area contributed by atoms with E-state index in [1.807, 2.05) is 0 Å². The van der Waals surface area contributed by atoms with Crippen molar-refractivity contribution in [2.24, 2.45) is 5.92 Å². The van der Waals surface area contributed by atoms with Crippen molar-refractivity contribution in [1.29, 1.82) is 0 Å². The Morgan fingerprint density at radius 1 is 1.29 bits per heavy atom. The first-order chi connectivity index (χ1) is 8.13. The van der Waals surface area contributed by atoms with E-state index in [1.54, 1.807) is 0 Å². The van der Waals surface area contributed by atoms with Crippen LogP contribution in [0.4, 0.5) is 0 Å². The highest BCUT2D eigenvalue weighted by Gasteiger charge is 2.21. The summed E-state index contributed by atoms with van der Waals surface area (Å²) in [6.45, 7) is 2.96. The minimum Gasteiger partial charge on any atom is -0.481 e. The lowest BCUT2D eigenvalue weighted by Crippen LogP contribution is -2.33. The second-order valence-corrected chi connectivity index (χ2v) is 5.44. The molecule has 100 valence electrons. The molecule has 1 N–H and O–H groups in total. The van der Waals surface area contributed by atoms with Crippen LogP contribution in [0.2, 0.25) is 0 Å². The smallest absolute Gasteiger partial charge is 0.304 e. The van der Waals surface area contributed by atoms with Gasteiger partial charge in [-0.2, -0.15) is 0 Å². The van der Waals surface area contributed by atoms with Gasteiger partial charge in [0.15, 0.2) is 0 Å². The Hall–Kier alpha value is -0.570. The van der Waals surface area contributed by atoms with Gasteiger partial charge in [-0.05, 0) is 32.2 Å². The van der Waals surface area contributed by atoms with E-state index in [2.05, 4.69) is 18.9 Å². The first kappa shape index (κ1) is 14.5. The van der Waals surface area contributed by atoms with Crippen molar-refractivity contribution in [3.05, 3.63) is 0 Å². The highest BCUT2D eigenvalue weighted by Crippen LogP contribution is 2.28. The third-order valence-electron chi connectivity index (χ3n) is 4.06. The molecule has 1 fully saturated rings. The van der Waals surface area contributed by atoms with Crippen LogP contribution in [0, 0.1) is 5.92 Å². The molecule has 0 spiro atoms. The summed E-state index contributed by atoms with van der Waals surface area (Å²) in [5.41, 5.74) is 0. The molecule has 0 radical (unpaired) electrons. The number of carbonyl (C=O) groups is 1. The predicted octanol–water partition coefficient (Wildman–Crippen LogP) is 3.14. The standard InChI is InChI=1S/C14H27NO2/c1-3-5-12-6-4-7-13(9-8-12)15(2)11-10-14(16)17/h12-13H,3-11H2,1-2H3,(H,16,17). The average molecular weight is 241 g/mol. The molecule has 0 aromatic carbocycles. The molecule has 0 aromatic heterocycles. The number of nitrogens with zero attached hydrogens (tertiary/aromatic N) is 1. The quantitative estimate of drug-likeness (QED) is 0.726. The van der Waals surface area contributed by atoms with E-state index in [4.69, 9.17) is 5.11 Å². The maximum atomic E-state index is 10.6. The number of carboxylic acids is 1. The van der Waals surface area contributed by atoms with Crippen LogP contribution in [0.5, 0.6) is 0 Å². The summed E-state index contributed by atoms with van der Waals surface area (Å²) in [5.74, 6) is 0.229. The lowest BCUT2D eigenvalue weighted by atomic mass is 9.95. The van der Waals surface area contributed by atoms with Crippen LogP contribution in [0.3, 0.4) is 0 Å². The van der Waals surface area contributed by atoms with Crippen LogP contribution in [0.15, 0.2) is 0 Å². The summed E-state index contributed by atoms with van der Waals surface area (Å²) in [6, 6.07) is 0.608. The Bertz CT molecular complexity index is 230. The molecule has 3 nitrogen and oxygen atoms in total. The van der Waals surface area contributed by atoms with Crippen LogP contribution in [-0.4, -0.2) is 35.6 Å². The maximum absolute atomic E-state index is 10.6. The Morgan fingerprint density at radius 3 is 2.71 bits per heavy atom. The van der Waals surface area contributed by atoms with Gasteiger partial charge in [-0.3, -0.25) is 4.79 Å². The molecule has 0 aromatic rings. The number of hydrogen-bond acceptors (Lipinski definition) is 2. The van der Waals surface area contributed by atoms with Crippen LogP contribution in [-0.2, 0) is 4.79 Å².